The fourth-order valence-electron chi connectivity index (χ4n) is 4.85. The quantitative estimate of drug-likeness (QED) is 0.274. The lowest BCUT2D eigenvalue weighted by atomic mass is 9.80. The summed E-state index contributed by atoms with van der Waals surface area (Å²) in [5, 5.41) is 4.98. The molecule has 1 heterocycles. The smallest absolute Gasteiger partial charge is 0.194 e. The summed E-state index contributed by atoms with van der Waals surface area (Å²) in [6.07, 6.45) is 4.15. The van der Waals surface area contributed by atoms with E-state index < -0.39 is 0 Å². The molecule has 37 heavy (non-hydrogen) atoms. The first-order chi connectivity index (χ1) is 18.2. The van der Waals surface area contributed by atoms with E-state index in [1.807, 2.05) is 108 Å². The maximum Gasteiger partial charge on any atom is 0.194 e. The zero-order chi connectivity index (χ0) is 25.4. The maximum absolute atomic E-state index is 13.2. The summed E-state index contributed by atoms with van der Waals surface area (Å²) in [6.45, 7) is 0. The van der Waals surface area contributed by atoms with Gasteiger partial charge in [0.05, 0.1) is 19.9 Å². The van der Waals surface area contributed by atoms with Gasteiger partial charge in [-0.3, -0.25) is 4.79 Å². The van der Waals surface area contributed by atoms with Crippen LogP contribution >= 0.6 is 0 Å². The van der Waals surface area contributed by atoms with Crippen LogP contribution in [0.3, 0.4) is 0 Å². The molecule has 0 spiro atoms. The SMILES string of the molecule is COc1ccc(-c2nn(-c3ccccc3)cc2C=C2c3ccccc3C(=O)c3ccccc32)cc1OC. The Morgan fingerprint density at radius 2 is 1.30 bits per heavy atom. The fraction of sp³-hybridized carbons (Fsp3) is 0.0625. The summed E-state index contributed by atoms with van der Waals surface area (Å²) in [7, 11) is 3.25. The molecular formula is C32H24N2O3. The Kier molecular flexibility index (Phi) is 5.66. The van der Waals surface area contributed by atoms with Crippen molar-refractivity contribution in [2.45, 2.75) is 0 Å². The topological polar surface area (TPSA) is 53.4 Å². The number of rotatable bonds is 5. The molecule has 4 aromatic carbocycles. The molecule has 0 aliphatic heterocycles. The van der Waals surface area contributed by atoms with Crippen LogP contribution in [0, 0.1) is 0 Å². The highest BCUT2D eigenvalue weighted by Crippen LogP contribution is 2.39. The Hall–Kier alpha value is -4.90. The third-order valence-electron chi connectivity index (χ3n) is 6.64. The van der Waals surface area contributed by atoms with E-state index in [0.717, 1.165) is 39.2 Å². The number of carbonyl (C=O) groups is 1. The molecule has 0 unspecified atom stereocenters. The summed E-state index contributed by atoms with van der Waals surface area (Å²) < 4.78 is 12.9. The second-order valence-corrected chi connectivity index (χ2v) is 8.76. The number of carbonyl (C=O) groups excluding carboxylic acids is 1. The van der Waals surface area contributed by atoms with Crippen molar-refractivity contribution in [3.63, 3.8) is 0 Å². The van der Waals surface area contributed by atoms with E-state index in [1.165, 1.54) is 0 Å². The number of hydrogen-bond donors (Lipinski definition) is 0. The normalized spacial score (nSPS) is 12.1. The number of ether oxygens (including phenoxy) is 2. The summed E-state index contributed by atoms with van der Waals surface area (Å²) in [5.74, 6) is 1.33. The molecule has 0 fully saturated rings. The van der Waals surface area contributed by atoms with Crippen molar-refractivity contribution < 1.29 is 14.3 Å². The summed E-state index contributed by atoms with van der Waals surface area (Å²) in [5.41, 5.74) is 7.79. The molecule has 0 amide bonds. The second-order valence-electron chi connectivity index (χ2n) is 8.76. The lowest BCUT2D eigenvalue weighted by Crippen LogP contribution is -2.14. The number of ketones is 1. The first-order valence-corrected chi connectivity index (χ1v) is 12.0. The number of methoxy groups -OCH3 is 2. The van der Waals surface area contributed by atoms with Crippen molar-refractivity contribution in [2.75, 3.05) is 14.2 Å². The minimum atomic E-state index is 0.0449. The molecular weight excluding hydrogens is 460 g/mol. The third-order valence-corrected chi connectivity index (χ3v) is 6.64. The largest absolute Gasteiger partial charge is 0.493 e. The minimum Gasteiger partial charge on any atom is -0.493 e. The Morgan fingerprint density at radius 3 is 1.92 bits per heavy atom. The molecule has 0 saturated heterocycles. The molecule has 180 valence electrons. The minimum absolute atomic E-state index is 0.0449. The molecule has 0 bridgehead atoms. The average Bonchev–Trinajstić information content (AvgIpc) is 3.39. The number of fused-ring (bicyclic) bond motifs is 2. The molecule has 6 rings (SSSR count). The maximum atomic E-state index is 13.2. The molecule has 0 radical (unpaired) electrons. The van der Waals surface area contributed by atoms with Gasteiger partial charge in [0.1, 0.15) is 5.69 Å². The van der Waals surface area contributed by atoms with E-state index in [9.17, 15) is 4.79 Å². The van der Waals surface area contributed by atoms with E-state index >= 15 is 0 Å². The van der Waals surface area contributed by atoms with Gasteiger partial charge in [-0.1, -0.05) is 66.7 Å². The first-order valence-electron chi connectivity index (χ1n) is 12.0. The number of para-hydroxylation sites is 1. The van der Waals surface area contributed by atoms with Crippen LogP contribution in [-0.2, 0) is 0 Å². The van der Waals surface area contributed by atoms with E-state index in [-0.39, 0.29) is 5.78 Å². The van der Waals surface area contributed by atoms with Crippen molar-refractivity contribution in [2.24, 2.45) is 0 Å². The van der Waals surface area contributed by atoms with Gasteiger partial charge in [-0.25, -0.2) is 4.68 Å². The van der Waals surface area contributed by atoms with Crippen LogP contribution in [0.25, 0.3) is 28.6 Å². The molecule has 0 atom stereocenters. The van der Waals surface area contributed by atoms with Crippen LogP contribution in [-0.4, -0.2) is 29.8 Å². The van der Waals surface area contributed by atoms with Gasteiger partial charge in [0.15, 0.2) is 17.3 Å². The van der Waals surface area contributed by atoms with Crippen molar-refractivity contribution in [3.8, 4) is 28.4 Å². The molecule has 5 aromatic rings. The zero-order valence-corrected chi connectivity index (χ0v) is 20.5. The number of benzene rings is 4. The van der Waals surface area contributed by atoms with E-state index in [2.05, 4.69) is 6.08 Å². The summed E-state index contributed by atoms with van der Waals surface area (Å²) >= 11 is 0. The lowest BCUT2D eigenvalue weighted by Gasteiger charge is -2.21. The van der Waals surface area contributed by atoms with Crippen LogP contribution in [0.15, 0.2) is 103 Å². The Morgan fingerprint density at radius 1 is 0.703 bits per heavy atom. The van der Waals surface area contributed by atoms with E-state index in [1.54, 1.807) is 14.2 Å². The number of hydrogen-bond acceptors (Lipinski definition) is 4. The van der Waals surface area contributed by atoms with Crippen molar-refractivity contribution in [1.29, 1.82) is 0 Å². The predicted molar refractivity (Wildman–Crippen MR) is 145 cm³/mol. The first kappa shape index (κ1) is 22.6. The molecule has 1 aromatic heterocycles. The second kappa shape index (κ2) is 9.28. The van der Waals surface area contributed by atoms with Crippen molar-refractivity contribution in [1.82, 2.24) is 9.78 Å². The summed E-state index contributed by atoms with van der Waals surface area (Å²) in [4.78, 5) is 13.2. The average molecular weight is 485 g/mol. The van der Waals surface area contributed by atoms with Crippen LogP contribution in [0.2, 0.25) is 0 Å². The monoisotopic (exact) mass is 484 g/mol. The van der Waals surface area contributed by atoms with Crippen molar-refractivity contribution in [3.05, 3.63) is 131 Å². The summed E-state index contributed by atoms with van der Waals surface area (Å²) in [6, 6.07) is 31.4. The van der Waals surface area contributed by atoms with Gasteiger partial charge >= 0.3 is 0 Å². The van der Waals surface area contributed by atoms with Crippen LogP contribution < -0.4 is 9.47 Å². The predicted octanol–water partition coefficient (Wildman–Crippen LogP) is 6.69. The fourth-order valence-corrected chi connectivity index (χ4v) is 4.85. The lowest BCUT2D eigenvalue weighted by molar-refractivity contribution is 0.103. The van der Waals surface area contributed by atoms with Crippen LogP contribution in [0.4, 0.5) is 0 Å². The van der Waals surface area contributed by atoms with Gasteiger partial charge in [-0.05, 0) is 53.1 Å². The molecule has 1 aliphatic carbocycles. The molecule has 0 N–H and O–H groups in total. The van der Waals surface area contributed by atoms with Gasteiger partial charge < -0.3 is 9.47 Å². The van der Waals surface area contributed by atoms with Crippen LogP contribution in [0.5, 0.6) is 11.5 Å². The third kappa shape index (κ3) is 3.91. The van der Waals surface area contributed by atoms with E-state index in [4.69, 9.17) is 14.6 Å². The number of aromatic nitrogens is 2. The van der Waals surface area contributed by atoms with Gasteiger partial charge in [0, 0.05) is 28.5 Å². The Labute approximate surface area is 215 Å². The molecule has 5 heteroatoms. The zero-order valence-electron chi connectivity index (χ0n) is 20.5. The Bertz CT molecular complexity index is 1610. The highest BCUT2D eigenvalue weighted by Gasteiger charge is 2.27. The van der Waals surface area contributed by atoms with Gasteiger partial charge in [-0.2, -0.15) is 5.10 Å². The van der Waals surface area contributed by atoms with Gasteiger partial charge in [-0.15, -0.1) is 0 Å². The van der Waals surface area contributed by atoms with Gasteiger partial charge in [0.2, 0.25) is 0 Å². The van der Waals surface area contributed by atoms with Crippen molar-refractivity contribution >= 4 is 17.4 Å². The Balaban J connectivity index is 1.60. The van der Waals surface area contributed by atoms with Gasteiger partial charge in [0.25, 0.3) is 0 Å². The molecule has 0 saturated carbocycles. The number of nitrogens with zero attached hydrogens (tertiary/aromatic N) is 2. The molecule has 1 aliphatic rings. The standard InChI is InChI=1S/C32H24N2O3/c1-36-29-17-16-21(19-30(29)37-2)31-22(20-34(33-31)23-10-4-3-5-11-23)18-28-24-12-6-8-14-26(24)32(35)27-15-9-7-13-25(27)28/h3-20H,1-2H3. The van der Waals surface area contributed by atoms with Crippen LogP contribution in [0.1, 0.15) is 32.6 Å². The highest BCUT2D eigenvalue weighted by molar-refractivity contribution is 6.20. The molecule has 5 nitrogen and oxygen atoms in total. The van der Waals surface area contributed by atoms with E-state index in [0.29, 0.717) is 22.6 Å². The highest BCUT2D eigenvalue weighted by atomic mass is 16.5.